The maximum absolute atomic E-state index is 12.4. The highest BCUT2D eigenvalue weighted by Crippen LogP contribution is 2.36. The van der Waals surface area contributed by atoms with Crippen LogP contribution >= 0.6 is 0 Å². The summed E-state index contributed by atoms with van der Waals surface area (Å²) in [5.41, 5.74) is 1.36. The van der Waals surface area contributed by atoms with E-state index in [1.165, 1.54) is 18.3 Å². The summed E-state index contributed by atoms with van der Waals surface area (Å²) in [5, 5.41) is 2.84. The predicted octanol–water partition coefficient (Wildman–Crippen LogP) is 3.74. The minimum Gasteiger partial charge on any atom is -0.483 e. The van der Waals surface area contributed by atoms with Gasteiger partial charge >= 0.3 is 13.3 Å². The lowest BCUT2D eigenvalue weighted by molar-refractivity contribution is -0.153. The third kappa shape index (κ3) is 6.48. The van der Waals surface area contributed by atoms with Crippen LogP contribution in [0.1, 0.15) is 51.9 Å². The number of rotatable bonds is 7. The molecule has 1 aliphatic heterocycles. The molecule has 0 radical (unpaired) electrons. The lowest BCUT2D eigenvalue weighted by Crippen LogP contribution is -2.41. The first-order valence-electron chi connectivity index (χ1n) is 10.7. The summed E-state index contributed by atoms with van der Waals surface area (Å²) in [6.45, 7) is 8.33. The Kier molecular flexibility index (Phi) is 7.09. The molecule has 1 aliphatic rings. The highest BCUT2D eigenvalue weighted by atomic mass is 19.4. The summed E-state index contributed by atoms with van der Waals surface area (Å²) in [4.78, 5) is 16.5. The Balaban J connectivity index is 1.52. The van der Waals surface area contributed by atoms with Crippen molar-refractivity contribution in [3.8, 4) is 5.75 Å². The summed E-state index contributed by atoms with van der Waals surface area (Å²) in [6.07, 6.45) is -3.04. The van der Waals surface area contributed by atoms with Crippen LogP contribution in [-0.4, -0.2) is 42.0 Å². The Labute approximate surface area is 192 Å². The number of hydrogen-bond donors (Lipinski definition) is 1. The molecular formula is C23H28BF3N2O4. The van der Waals surface area contributed by atoms with E-state index in [1.54, 1.807) is 6.92 Å². The third-order valence-electron chi connectivity index (χ3n) is 5.85. The predicted molar refractivity (Wildman–Crippen MR) is 118 cm³/mol. The van der Waals surface area contributed by atoms with E-state index in [4.69, 9.17) is 9.31 Å². The van der Waals surface area contributed by atoms with Crippen molar-refractivity contribution in [2.75, 3.05) is 6.61 Å². The summed E-state index contributed by atoms with van der Waals surface area (Å²) >= 11 is 0. The molecule has 0 unspecified atom stereocenters. The third-order valence-corrected chi connectivity index (χ3v) is 5.85. The van der Waals surface area contributed by atoms with Crippen molar-refractivity contribution in [2.45, 2.75) is 64.5 Å². The zero-order valence-electron chi connectivity index (χ0n) is 19.3. The number of hydrogen-bond acceptors (Lipinski definition) is 5. The van der Waals surface area contributed by atoms with E-state index >= 15 is 0 Å². The summed E-state index contributed by atoms with van der Waals surface area (Å²) in [7, 11) is -0.466. The average molecular weight is 464 g/mol. The van der Waals surface area contributed by atoms with Crippen LogP contribution in [-0.2, 0) is 20.5 Å². The second kappa shape index (κ2) is 9.34. The van der Waals surface area contributed by atoms with Crippen LogP contribution in [0.25, 0.3) is 0 Å². The molecule has 0 aliphatic carbocycles. The minimum absolute atomic E-state index is 0.0108. The van der Waals surface area contributed by atoms with Gasteiger partial charge in [0.25, 0.3) is 0 Å². The van der Waals surface area contributed by atoms with Gasteiger partial charge in [0, 0.05) is 0 Å². The molecule has 2 aromatic rings. The number of carbonyl (C=O) groups is 1. The van der Waals surface area contributed by atoms with Gasteiger partial charge in [0.1, 0.15) is 5.75 Å². The first-order chi connectivity index (χ1) is 15.3. The highest BCUT2D eigenvalue weighted by Gasteiger charge is 2.51. The van der Waals surface area contributed by atoms with Crippen molar-refractivity contribution in [1.29, 1.82) is 0 Å². The van der Waals surface area contributed by atoms with Gasteiger partial charge in [0.05, 0.1) is 35.6 Å². The van der Waals surface area contributed by atoms with Crippen molar-refractivity contribution in [1.82, 2.24) is 10.3 Å². The normalized spacial score (nSPS) is 18.1. The number of nitrogens with zero attached hydrogens (tertiary/aromatic N) is 1. The Morgan fingerprint density at radius 1 is 1.09 bits per heavy atom. The Hall–Kier alpha value is -2.59. The molecule has 33 heavy (non-hydrogen) atoms. The Bertz CT molecular complexity index is 947. The molecule has 3 rings (SSSR count). The highest BCUT2D eigenvalue weighted by molar-refractivity contribution is 6.62. The van der Waals surface area contributed by atoms with Gasteiger partial charge in [0.15, 0.2) is 6.61 Å². The second-order valence-electron chi connectivity index (χ2n) is 9.12. The quantitative estimate of drug-likeness (QED) is 0.633. The van der Waals surface area contributed by atoms with E-state index in [2.05, 4.69) is 15.0 Å². The molecule has 1 N–H and O–H groups in total. The molecule has 178 valence electrons. The van der Waals surface area contributed by atoms with E-state index < -0.39 is 37.1 Å². The SMILES string of the molecule is C[C@@H](NC(=O)Cc1ccc(B2OC(C)(C)C(C)(C)O2)cc1)c1ccc(OCC(F)(F)F)cn1. The van der Waals surface area contributed by atoms with Crippen LogP contribution < -0.4 is 15.5 Å². The lowest BCUT2D eigenvalue weighted by Gasteiger charge is -2.32. The van der Waals surface area contributed by atoms with E-state index in [-0.39, 0.29) is 18.1 Å². The first-order valence-corrected chi connectivity index (χ1v) is 10.7. The van der Waals surface area contributed by atoms with Crippen molar-refractivity contribution >= 4 is 18.5 Å². The number of nitrogens with one attached hydrogen (secondary N) is 1. The number of amides is 1. The Morgan fingerprint density at radius 3 is 2.21 bits per heavy atom. The molecule has 1 amide bonds. The molecule has 2 heterocycles. The maximum Gasteiger partial charge on any atom is 0.494 e. The number of halogens is 3. The van der Waals surface area contributed by atoms with Gasteiger partial charge in [-0.25, -0.2) is 0 Å². The number of ether oxygens (including phenoxy) is 1. The zero-order valence-corrected chi connectivity index (χ0v) is 19.3. The lowest BCUT2D eigenvalue weighted by atomic mass is 9.79. The molecule has 1 saturated heterocycles. The Morgan fingerprint density at radius 2 is 1.70 bits per heavy atom. The zero-order chi connectivity index (χ0) is 24.4. The molecule has 6 nitrogen and oxygen atoms in total. The van der Waals surface area contributed by atoms with Gasteiger partial charge in [0.2, 0.25) is 5.91 Å². The molecule has 0 bridgehead atoms. The molecule has 1 fully saturated rings. The van der Waals surface area contributed by atoms with Gasteiger partial charge in [-0.05, 0) is 57.8 Å². The van der Waals surface area contributed by atoms with Crippen LogP contribution in [0, 0.1) is 0 Å². The summed E-state index contributed by atoms with van der Waals surface area (Å²) in [6, 6.07) is 9.98. The minimum atomic E-state index is -4.41. The number of carbonyl (C=O) groups excluding carboxylic acids is 1. The molecule has 0 spiro atoms. The fraction of sp³-hybridized carbons (Fsp3) is 0.478. The molecule has 10 heteroatoms. The van der Waals surface area contributed by atoms with Crippen LogP contribution in [0.3, 0.4) is 0 Å². The van der Waals surface area contributed by atoms with E-state index in [1.807, 2.05) is 52.0 Å². The molecule has 1 atom stereocenters. The van der Waals surface area contributed by atoms with Gasteiger partial charge in [-0.2, -0.15) is 13.2 Å². The van der Waals surface area contributed by atoms with Gasteiger partial charge in [-0.1, -0.05) is 24.3 Å². The summed E-state index contributed by atoms with van der Waals surface area (Å²) < 4.78 is 53.4. The van der Waals surface area contributed by atoms with Crippen LogP contribution in [0.2, 0.25) is 0 Å². The number of alkyl halides is 3. The topological polar surface area (TPSA) is 69.7 Å². The second-order valence-corrected chi connectivity index (χ2v) is 9.12. The molecular weight excluding hydrogens is 436 g/mol. The monoisotopic (exact) mass is 464 g/mol. The van der Waals surface area contributed by atoms with E-state index in [0.29, 0.717) is 5.69 Å². The van der Waals surface area contributed by atoms with E-state index in [0.717, 1.165) is 11.0 Å². The van der Waals surface area contributed by atoms with E-state index in [9.17, 15) is 18.0 Å². The molecule has 1 aromatic heterocycles. The van der Waals surface area contributed by atoms with Crippen LogP contribution in [0.15, 0.2) is 42.6 Å². The van der Waals surface area contributed by atoms with Crippen molar-refractivity contribution < 1.29 is 32.0 Å². The number of pyridine rings is 1. The fourth-order valence-corrected chi connectivity index (χ4v) is 3.22. The molecule has 0 saturated carbocycles. The van der Waals surface area contributed by atoms with Gasteiger partial charge < -0.3 is 19.4 Å². The standard InChI is InChI=1S/C23H28BF3N2O4/c1-15(19-11-10-18(13-28-19)31-14-23(25,26)27)29-20(30)12-16-6-8-17(9-7-16)24-32-21(2,3)22(4,5)33-24/h6-11,13,15H,12,14H2,1-5H3,(H,29,30)/t15-/m1/s1. The maximum atomic E-state index is 12.4. The first kappa shape index (κ1) is 25.0. The fourth-order valence-electron chi connectivity index (χ4n) is 3.22. The molecule has 1 aromatic carbocycles. The largest absolute Gasteiger partial charge is 0.494 e. The summed E-state index contributed by atoms with van der Waals surface area (Å²) in [5.74, 6) is -0.193. The number of aromatic nitrogens is 1. The van der Waals surface area contributed by atoms with Crippen molar-refractivity contribution in [3.63, 3.8) is 0 Å². The van der Waals surface area contributed by atoms with Crippen LogP contribution in [0.4, 0.5) is 13.2 Å². The van der Waals surface area contributed by atoms with Crippen molar-refractivity contribution in [2.24, 2.45) is 0 Å². The van der Waals surface area contributed by atoms with Gasteiger partial charge in [-0.15, -0.1) is 0 Å². The number of benzene rings is 1. The van der Waals surface area contributed by atoms with Crippen LogP contribution in [0.5, 0.6) is 5.75 Å². The van der Waals surface area contributed by atoms with Crippen molar-refractivity contribution in [3.05, 3.63) is 53.9 Å². The smallest absolute Gasteiger partial charge is 0.483 e. The average Bonchev–Trinajstić information content (AvgIpc) is 2.94. The van der Waals surface area contributed by atoms with Gasteiger partial charge in [-0.3, -0.25) is 9.78 Å².